The molecule has 0 spiro atoms. The zero-order chi connectivity index (χ0) is 19.8. The molecule has 150 valence electrons. The van der Waals surface area contributed by atoms with Gasteiger partial charge in [0, 0.05) is 31.4 Å². The van der Waals surface area contributed by atoms with Crippen molar-refractivity contribution in [3.05, 3.63) is 42.5 Å². The van der Waals surface area contributed by atoms with Gasteiger partial charge in [0.05, 0.1) is 33.0 Å². The highest BCUT2D eigenvalue weighted by Gasteiger charge is 2.09. The second kappa shape index (κ2) is 10.1. The van der Waals surface area contributed by atoms with Crippen LogP contribution in [-0.2, 0) is 9.47 Å². The first kappa shape index (κ1) is 20.1. The van der Waals surface area contributed by atoms with Gasteiger partial charge >= 0.3 is 0 Å². The van der Waals surface area contributed by atoms with Crippen molar-refractivity contribution in [2.75, 3.05) is 58.6 Å². The fourth-order valence-electron chi connectivity index (χ4n) is 2.63. The number of hydrogen-bond acceptors (Lipinski definition) is 7. The third-order valence-electron chi connectivity index (χ3n) is 4.09. The zero-order valence-electron chi connectivity index (χ0n) is 16.3. The summed E-state index contributed by atoms with van der Waals surface area (Å²) in [6, 6.07) is 13.6. The van der Waals surface area contributed by atoms with E-state index in [9.17, 15) is 0 Å². The van der Waals surface area contributed by atoms with Gasteiger partial charge in [-0.3, -0.25) is 0 Å². The number of nitrogens with zero attached hydrogens (tertiary/aromatic N) is 2. The first-order valence-electron chi connectivity index (χ1n) is 9.25. The Morgan fingerprint density at radius 2 is 1.64 bits per heavy atom. The van der Waals surface area contributed by atoms with Crippen LogP contribution in [0.15, 0.2) is 46.9 Å². The molecule has 0 atom stereocenters. The van der Waals surface area contributed by atoms with Gasteiger partial charge in [0.2, 0.25) is 5.89 Å². The zero-order valence-corrected chi connectivity index (χ0v) is 16.3. The summed E-state index contributed by atoms with van der Waals surface area (Å²) in [7, 11) is 4.01. The predicted molar refractivity (Wildman–Crippen MR) is 108 cm³/mol. The van der Waals surface area contributed by atoms with Crippen molar-refractivity contribution in [2.45, 2.75) is 0 Å². The summed E-state index contributed by atoms with van der Waals surface area (Å²) in [6.45, 7) is 2.19. The minimum absolute atomic E-state index is 0.0245. The second-order valence-corrected chi connectivity index (χ2v) is 6.39. The average Bonchev–Trinajstić information content (AvgIpc) is 3.13. The van der Waals surface area contributed by atoms with Gasteiger partial charge < -0.3 is 28.6 Å². The van der Waals surface area contributed by atoms with E-state index in [0.717, 1.165) is 28.1 Å². The first-order valence-corrected chi connectivity index (χ1v) is 9.25. The Labute approximate surface area is 164 Å². The topological polar surface area (TPSA) is 77.2 Å². The van der Waals surface area contributed by atoms with Crippen LogP contribution in [-0.4, -0.2) is 63.8 Å². The summed E-state index contributed by atoms with van der Waals surface area (Å²) in [5.41, 5.74) is 3.53. The maximum absolute atomic E-state index is 8.61. The van der Waals surface area contributed by atoms with Gasteiger partial charge in [0.15, 0.2) is 5.58 Å². The van der Waals surface area contributed by atoms with Crippen LogP contribution in [0.3, 0.4) is 0 Å². The predicted octanol–water partition coefficient (Wildman–Crippen LogP) is 2.97. The first-order chi connectivity index (χ1) is 13.7. The number of anilines is 1. The van der Waals surface area contributed by atoms with Crippen LogP contribution in [0.2, 0.25) is 0 Å². The molecular weight excluding hydrogens is 360 g/mol. The molecule has 0 aliphatic rings. The molecule has 2 aromatic carbocycles. The molecule has 3 aromatic rings. The van der Waals surface area contributed by atoms with E-state index in [1.165, 1.54) is 0 Å². The van der Waals surface area contributed by atoms with Gasteiger partial charge in [-0.25, -0.2) is 4.98 Å². The van der Waals surface area contributed by atoms with Gasteiger partial charge in [0.25, 0.3) is 0 Å². The van der Waals surface area contributed by atoms with Crippen LogP contribution in [0.5, 0.6) is 5.75 Å². The van der Waals surface area contributed by atoms with E-state index >= 15 is 0 Å². The number of aliphatic hydroxyl groups excluding tert-OH is 1. The monoisotopic (exact) mass is 386 g/mol. The van der Waals surface area contributed by atoms with E-state index in [4.69, 9.17) is 23.7 Å². The molecule has 1 aromatic heterocycles. The van der Waals surface area contributed by atoms with Crippen molar-refractivity contribution in [3.8, 4) is 17.2 Å². The lowest BCUT2D eigenvalue weighted by molar-refractivity contribution is 0.0247. The van der Waals surface area contributed by atoms with Crippen LogP contribution in [0, 0.1) is 0 Å². The Kier molecular flexibility index (Phi) is 7.25. The van der Waals surface area contributed by atoms with Crippen LogP contribution in [0.1, 0.15) is 0 Å². The lowest BCUT2D eigenvalue weighted by Crippen LogP contribution is -2.11. The van der Waals surface area contributed by atoms with Crippen LogP contribution in [0.4, 0.5) is 5.69 Å². The molecule has 0 fully saturated rings. The van der Waals surface area contributed by atoms with Crippen LogP contribution < -0.4 is 9.64 Å². The molecule has 3 rings (SSSR count). The number of aromatic nitrogens is 1. The lowest BCUT2D eigenvalue weighted by atomic mass is 10.2. The molecule has 1 N–H and O–H groups in total. The number of aliphatic hydroxyl groups is 1. The fourth-order valence-corrected chi connectivity index (χ4v) is 2.63. The van der Waals surface area contributed by atoms with Gasteiger partial charge in [-0.15, -0.1) is 0 Å². The maximum atomic E-state index is 8.61. The highest BCUT2D eigenvalue weighted by molar-refractivity contribution is 5.78. The molecule has 7 heteroatoms. The van der Waals surface area contributed by atoms with E-state index < -0.39 is 0 Å². The van der Waals surface area contributed by atoms with Crippen molar-refractivity contribution in [1.29, 1.82) is 0 Å². The van der Waals surface area contributed by atoms with E-state index in [0.29, 0.717) is 38.9 Å². The smallest absolute Gasteiger partial charge is 0.227 e. The van der Waals surface area contributed by atoms with Gasteiger partial charge in [0.1, 0.15) is 17.9 Å². The molecule has 0 bridgehead atoms. The highest BCUT2D eigenvalue weighted by atomic mass is 16.5. The van der Waals surface area contributed by atoms with Gasteiger partial charge in [-0.2, -0.15) is 0 Å². The summed E-state index contributed by atoms with van der Waals surface area (Å²) in [5.74, 6) is 1.30. The summed E-state index contributed by atoms with van der Waals surface area (Å²) in [4.78, 5) is 6.62. The molecular formula is C21H26N2O5. The number of hydrogen-bond donors (Lipinski definition) is 1. The summed E-state index contributed by atoms with van der Waals surface area (Å²) in [6.07, 6.45) is 0. The molecule has 0 unspecified atom stereocenters. The van der Waals surface area contributed by atoms with Crippen molar-refractivity contribution in [2.24, 2.45) is 0 Å². The van der Waals surface area contributed by atoms with Gasteiger partial charge in [-0.1, -0.05) is 0 Å². The van der Waals surface area contributed by atoms with Crippen LogP contribution in [0.25, 0.3) is 22.6 Å². The summed E-state index contributed by atoms with van der Waals surface area (Å²) >= 11 is 0. The second-order valence-electron chi connectivity index (χ2n) is 6.39. The Morgan fingerprint density at radius 3 is 2.36 bits per heavy atom. The van der Waals surface area contributed by atoms with Crippen molar-refractivity contribution >= 4 is 16.8 Å². The Bertz CT molecular complexity index is 861. The maximum Gasteiger partial charge on any atom is 0.227 e. The SMILES string of the molecule is CN(C)c1ccc(-c2nc3cc(OCCOCCOCCO)ccc3o2)cc1. The highest BCUT2D eigenvalue weighted by Crippen LogP contribution is 2.28. The van der Waals surface area contributed by atoms with Crippen molar-refractivity contribution in [1.82, 2.24) is 4.98 Å². The molecule has 0 saturated carbocycles. The minimum atomic E-state index is 0.0245. The van der Waals surface area contributed by atoms with E-state index in [1.54, 1.807) is 0 Å². The van der Waals surface area contributed by atoms with Crippen molar-refractivity contribution < 1.29 is 23.7 Å². The van der Waals surface area contributed by atoms with Gasteiger partial charge in [-0.05, 0) is 36.4 Å². The third-order valence-corrected chi connectivity index (χ3v) is 4.09. The Hall–Kier alpha value is -2.61. The summed E-state index contributed by atoms with van der Waals surface area (Å²) < 4.78 is 22.1. The number of oxazole rings is 1. The molecule has 0 saturated heterocycles. The molecule has 0 amide bonds. The number of rotatable bonds is 11. The number of benzene rings is 2. The molecule has 1 heterocycles. The minimum Gasteiger partial charge on any atom is -0.491 e. The molecule has 28 heavy (non-hydrogen) atoms. The van der Waals surface area contributed by atoms with Crippen LogP contribution >= 0.6 is 0 Å². The van der Waals surface area contributed by atoms with E-state index in [1.807, 2.05) is 61.5 Å². The largest absolute Gasteiger partial charge is 0.491 e. The molecule has 0 aliphatic heterocycles. The number of fused-ring (bicyclic) bond motifs is 1. The molecule has 0 radical (unpaired) electrons. The standard InChI is InChI=1S/C21H26N2O5/c1-23(2)17-5-3-16(4-6-17)21-22-19-15-18(7-8-20(19)28-21)27-14-13-26-12-11-25-10-9-24/h3-8,15,24H,9-14H2,1-2H3. The Balaban J connectivity index is 1.54. The lowest BCUT2D eigenvalue weighted by Gasteiger charge is -2.11. The average molecular weight is 386 g/mol. The number of ether oxygens (including phenoxy) is 3. The van der Waals surface area contributed by atoms with Crippen molar-refractivity contribution in [3.63, 3.8) is 0 Å². The third kappa shape index (κ3) is 5.45. The van der Waals surface area contributed by atoms with E-state index in [2.05, 4.69) is 4.98 Å². The fraction of sp³-hybridized carbons (Fsp3) is 0.381. The Morgan fingerprint density at radius 1 is 0.929 bits per heavy atom. The summed E-state index contributed by atoms with van der Waals surface area (Å²) in [5, 5.41) is 8.61. The quantitative estimate of drug-likeness (QED) is 0.508. The molecule has 7 nitrogen and oxygen atoms in total. The van der Waals surface area contributed by atoms with E-state index in [-0.39, 0.29) is 6.61 Å². The molecule has 0 aliphatic carbocycles. The normalized spacial score (nSPS) is 11.1.